The topological polar surface area (TPSA) is 80.6 Å². The molecule has 2 N–H and O–H groups in total. The fourth-order valence-corrected chi connectivity index (χ4v) is 5.78. The summed E-state index contributed by atoms with van der Waals surface area (Å²) < 4.78 is 11.6. The minimum absolute atomic E-state index is 0.00627. The van der Waals surface area contributed by atoms with Crippen LogP contribution in [-0.2, 0) is 0 Å². The number of amides is 2. The van der Waals surface area contributed by atoms with Crippen LogP contribution < -0.4 is 15.6 Å². The summed E-state index contributed by atoms with van der Waals surface area (Å²) >= 11 is 9.74. The van der Waals surface area contributed by atoms with Crippen molar-refractivity contribution >= 4 is 46.9 Å². The number of carbonyl (C=O) groups is 2. The van der Waals surface area contributed by atoms with Crippen molar-refractivity contribution in [1.82, 2.24) is 10.9 Å². The highest BCUT2D eigenvalue weighted by Gasteiger charge is 2.18. The van der Waals surface area contributed by atoms with Crippen molar-refractivity contribution in [3.8, 4) is 11.7 Å². The maximum atomic E-state index is 12.2. The Labute approximate surface area is 186 Å². The standard InChI is InChI=1S/C21H17ClN2O4S2/c22-15-3-1-2-14(12-15)19(25)23-24-20(26)17-8-9-18(28-17)27-16-6-4-13(5-7-16)21-29-10-11-30-21/h1-9,12,21H,10-11H2,(H,23,25)(H,24,26). The second kappa shape index (κ2) is 9.51. The number of hydrazine groups is 1. The fourth-order valence-electron chi connectivity index (χ4n) is 2.73. The highest BCUT2D eigenvalue weighted by Crippen LogP contribution is 2.45. The van der Waals surface area contributed by atoms with Gasteiger partial charge in [-0.25, -0.2) is 0 Å². The summed E-state index contributed by atoms with van der Waals surface area (Å²) in [7, 11) is 0. The van der Waals surface area contributed by atoms with E-state index in [1.165, 1.54) is 29.2 Å². The number of halogens is 1. The Morgan fingerprint density at radius 3 is 2.43 bits per heavy atom. The van der Waals surface area contributed by atoms with Crippen molar-refractivity contribution in [3.05, 3.63) is 82.6 Å². The molecule has 2 aromatic carbocycles. The monoisotopic (exact) mass is 460 g/mol. The van der Waals surface area contributed by atoms with Crippen molar-refractivity contribution in [3.63, 3.8) is 0 Å². The Kier molecular flexibility index (Phi) is 6.56. The highest BCUT2D eigenvalue weighted by molar-refractivity contribution is 8.19. The lowest BCUT2D eigenvalue weighted by molar-refractivity contribution is 0.0828. The van der Waals surface area contributed by atoms with Crippen LogP contribution in [0.1, 0.15) is 31.1 Å². The summed E-state index contributed by atoms with van der Waals surface area (Å²) in [6, 6.07) is 17.2. The lowest BCUT2D eigenvalue weighted by Crippen LogP contribution is -2.41. The van der Waals surface area contributed by atoms with Crippen LogP contribution in [0.5, 0.6) is 11.7 Å². The maximum Gasteiger partial charge on any atom is 0.305 e. The van der Waals surface area contributed by atoms with Gasteiger partial charge in [-0.3, -0.25) is 20.4 Å². The van der Waals surface area contributed by atoms with E-state index in [1.807, 2.05) is 47.8 Å². The van der Waals surface area contributed by atoms with Crippen LogP contribution in [0.4, 0.5) is 0 Å². The predicted octanol–water partition coefficient (Wildman–Crippen LogP) is 5.28. The Balaban J connectivity index is 1.32. The van der Waals surface area contributed by atoms with Crippen LogP contribution >= 0.6 is 35.1 Å². The van der Waals surface area contributed by atoms with Gasteiger partial charge in [0.2, 0.25) is 0 Å². The molecule has 1 aliphatic heterocycles. The first-order valence-corrected chi connectivity index (χ1v) is 11.5. The van der Waals surface area contributed by atoms with Gasteiger partial charge >= 0.3 is 5.91 Å². The quantitative estimate of drug-likeness (QED) is 0.504. The predicted molar refractivity (Wildman–Crippen MR) is 119 cm³/mol. The van der Waals surface area contributed by atoms with Crippen LogP contribution in [0.15, 0.2) is 65.1 Å². The van der Waals surface area contributed by atoms with E-state index in [4.69, 9.17) is 20.8 Å². The lowest BCUT2D eigenvalue weighted by atomic mass is 10.2. The van der Waals surface area contributed by atoms with Crippen molar-refractivity contribution < 1.29 is 18.7 Å². The Morgan fingerprint density at radius 2 is 1.70 bits per heavy atom. The number of nitrogens with one attached hydrogen (secondary N) is 2. The van der Waals surface area contributed by atoms with Gasteiger partial charge in [-0.1, -0.05) is 29.8 Å². The molecular weight excluding hydrogens is 444 g/mol. The number of carbonyl (C=O) groups excluding carboxylic acids is 2. The number of thioether (sulfide) groups is 2. The van der Waals surface area contributed by atoms with E-state index >= 15 is 0 Å². The van der Waals surface area contributed by atoms with E-state index in [-0.39, 0.29) is 11.7 Å². The average Bonchev–Trinajstić information content (AvgIpc) is 3.45. The second-order valence-corrected chi connectivity index (χ2v) is 9.44. The van der Waals surface area contributed by atoms with Gasteiger partial charge in [0, 0.05) is 28.2 Å². The van der Waals surface area contributed by atoms with Gasteiger partial charge in [0.05, 0.1) is 4.58 Å². The summed E-state index contributed by atoms with van der Waals surface area (Å²) in [4.78, 5) is 24.3. The van der Waals surface area contributed by atoms with E-state index in [9.17, 15) is 9.59 Å². The van der Waals surface area contributed by atoms with Crippen molar-refractivity contribution in [1.29, 1.82) is 0 Å². The Morgan fingerprint density at radius 1 is 0.967 bits per heavy atom. The van der Waals surface area contributed by atoms with Crippen molar-refractivity contribution in [2.75, 3.05) is 11.5 Å². The van der Waals surface area contributed by atoms with E-state index < -0.39 is 11.8 Å². The molecular formula is C21H17ClN2O4S2. The van der Waals surface area contributed by atoms with Crippen LogP contribution in [0.25, 0.3) is 0 Å². The number of ether oxygens (including phenoxy) is 1. The van der Waals surface area contributed by atoms with Crippen LogP contribution in [0.3, 0.4) is 0 Å². The van der Waals surface area contributed by atoms with Crippen LogP contribution in [0.2, 0.25) is 5.02 Å². The third kappa shape index (κ3) is 5.13. The second-order valence-electron chi connectivity index (χ2n) is 6.28. The fraction of sp³-hybridized carbons (Fsp3) is 0.143. The summed E-state index contributed by atoms with van der Waals surface area (Å²) in [6.07, 6.45) is 0. The smallest absolute Gasteiger partial charge is 0.305 e. The summed E-state index contributed by atoms with van der Waals surface area (Å²) in [5, 5.41) is 0.426. The van der Waals surface area contributed by atoms with Gasteiger partial charge < -0.3 is 9.15 Å². The van der Waals surface area contributed by atoms with Gasteiger partial charge in [-0.05, 0) is 42.0 Å². The first kappa shape index (κ1) is 20.7. The van der Waals surface area contributed by atoms with Gasteiger partial charge in [-0.2, -0.15) is 0 Å². The van der Waals surface area contributed by atoms with Crippen LogP contribution in [0, 0.1) is 0 Å². The first-order valence-electron chi connectivity index (χ1n) is 9.05. The normalized spacial score (nSPS) is 13.8. The van der Waals surface area contributed by atoms with Crippen molar-refractivity contribution in [2.45, 2.75) is 4.58 Å². The molecule has 1 saturated heterocycles. The molecule has 0 unspecified atom stereocenters. The highest BCUT2D eigenvalue weighted by atomic mass is 35.5. The van der Waals surface area contributed by atoms with Gasteiger partial charge in [-0.15, -0.1) is 23.5 Å². The number of hydrogen-bond acceptors (Lipinski definition) is 6. The molecule has 30 heavy (non-hydrogen) atoms. The number of benzene rings is 2. The van der Waals surface area contributed by atoms with E-state index in [2.05, 4.69) is 10.9 Å². The molecule has 2 amide bonds. The minimum atomic E-state index is -0.606. The molecule has 6 nitrogen and oxygen atoms in total. The molecule has 0 atom stereocenters. The molecule has 0 radical (unpaired) electrons. The molecule has 1 aliphatic rings. The molecule has 0 spiro atoms. The average molecular weight is 461 g/mol. The largest absolute Gasteiger partial charge is 0.426 e. The third-order valence-corrected chi connectivity index (χ3v) is 7.51. The SMILES string of the molecule is O=C(NNC(=O)c1ccc(Oc2ccc(C3SCCS3)cc2)o1)c1cccc(Cl)c1. The molecule has 2 heterocycles. The summed E-state index contributed by atoms with van der Waals surface area (Å²) in [5.41, 5.74) is 6.19. The molecule has 1 fully saturated rings. The lowest BCUT2D eigenvalue weighted by Gasteiger charge is -2.09. The molecule has 4 rings (SSSR count). The van der Waals surface area contributed by atoms with E-state index in [0.717, 1.165) is 0 Å². The zero-order valence-electron chi connectivity index (χ0n) is 15.6. The van der Waals surface area contributed by atoms with Crippen molar-refractivity contribution in [2.24, 2.45) is 0 Å². The van der Waals surface area contributed by atoms with Gasteiger partial charge in [0.25, 0.3) is 11.9 Å². The Hall–Kier alpha value is -2.55. The third-order valence-electron chi connectivity index (χ3n) is 4.17. The molecule has 0 saturated carbocycles. The zero-order valence-corrected chi connectivity index (χ0v) is 18.0. The summed E-state index contributed by atoms with van der Waals surface area (Å²) in [6.45, 7) is 0. The molecule has 1 aromatic heterocycles. The Bertz CT molecular complexity index is 1050. The number of rotatable bonds is 5. The molecule has 9 heteroatoms. The minimum Gasteiger partial charge on any atom is -0.426 e. The molecule has 0 bridgehead atoms. The zero-order chi connectivity index (χ0) is 20.9. The van der Waals surface area contributed by atoms with E-state index in [0.29, 0.717) is 20.9 Å². The summed E-state index contributed by atoms with van der Waals surface area (Å²) in [5.74, 6) is 2.04. The van der Waals surface area contributed by atoms with Gasteiger partial charge in [0.1, 0.15) is 5.75 Å². The van der Waals surface area contributed by atoms with E-state index in [1.54, 1.807) is 24.3 Å². The maximum absolute atomic E-state index is 12.2. The molecule has 154 valence electrons. The van der Waals surface area contributed by atoms with Crippen LogP contribution in [-0.4, -0.2) is 23.3 Å². The number of hydrogen-bond donors (Lipinski definition) is 2. The number of furan rings is 1. The molecule has 0 aliphatic carbocycles. The first-order chi connectivity index (χ1) is 14.6. The van der Waals surface area contributed by atoms with Gasteiger partial charge in [0.15, 0.2) is 5.76 Å². The molecule has 3 aromatic rings.